The molecule has 1 aliphatic heterocycles. The number of rotatable bonds is 6. The fourth-order valence-electron chi connectivity index (χ4n) is 2.46. The molecule has 1 N–H and O–H groups in total. The predicted octanol–water partition coefficient (Wildman–Crippen LogP) is -0.0178. The Balaban J connectivity index is 1.81. The van der Waals surface area contributed by atoms with E-state index in [9.17, 15) is 9.59 Å². The summed E-state index contributed by atoms with van der Waals surface area (Å²) in [6.45, 7) is 1.95. The second kappa shape index (κ2) is 5.60. The summed E-state index contributed by atoms with van der Waals surface area (Å²) in [7, 11) is 0. The monoisotopic (exact) mass is 240 g/mol. The topological polar surface area (TPSA) is 60.9 Å². The van der Waals surface area contributed by atoms with E-state index in [1.54, 1.807) is 0 Å². The highest BCUT2D eigenvalue weighted by molar-refractivity contribution is 6.01. The van der Waals surface area contributed by atoms with E-state index < -0.39 is 0 Å². The van der Waals surface area contributed by atoms with Crippen molar-refractivity contribution in [1.82, 2.24) is 9.80 Å². The molecule has 2 aliphatic rings. The number of carbonyl (C=O) groups excluding carboxylic acids is 2. The lowest BCUT2D eigenvalue weighted by Crippen LogP contribution is -2.46. The number of aliphatic hydroxyl groups is 1. The van der Waals surface area contributed by atoms with Crippen LogP contribution < -0.4 is 0 Å². The smallest absolute Gasteiger partial charge is 0.229 e. The number of amides is 2. The summed E-state index contributed by atoms with van der Waals surface area (Å²) in [5.41, 5.74) is 0. The Labute approximate surface area is 101 Å². The number of hydrogen-bond acceptors (Lipinski definition) is 4. The zero-order valence-electron chi connectivity index (χ0n) is 10.1. The quantitative estimate of drug-likeness (QED) is 0.663. The van der Waals surface area contributed by atoms with Gasteiger partial charge >= 0.3 is 0 Å². The fourth-order valence-corrected chi connectivity index (χ4v) is 2.46. The highest BCUT2D eigenvalue weighted by Crippen LogP contribution is 2.24. The third-order valence-corrected chi connectivity index (χ3v) is 3.74. The lowest BCUT2D eigenvalue weighted by Gasteiger charge is -2.37. The highest BCUT2D eigenvalue weighted by atomic mass is 16.3. The molecule has 0 atom stereocenters. The molecule has 1 heterocycles. The van der Waals surface area contributed by atoms with Gasteiger partial charge in [-0.3, -0.25) is 19.4 Å². The SMILES string of the molecule is O=C1CCC(=O)N1CCN(CCO)C1CCC1. The van der Waals surface area contributed by atoms with Crippen LogP contribution in [-0.2, 0) is 9.59 Å². The molecule has 96 valence electrons. The van der Waals surface area contributed by atoms with Crippen molar-refractivity contribution in [3.63, 3.8) is 0 Å². The van der Waals surface area contributed by atoms with E-state index >= 15 is 0 Å². The number of carbonyl (C=O) groups is 2. The zero-order valence-corrected chi connectivity index (χ0v) is 10.1. The molecule has 5 nitrogen and oxygen atoms in total. The van der Waals surface area contributed by atoms with Crippen LogP contribution in [0.4, 0.5) is 0 Å². The first kappa shape index (κ1) is 12.5. The van der Waals surface area contributed by atoms with Crippen molar-refractivity contribution >= 4 is 11.8 Å². The summed E-state index contributed by atoms with van der Waals surface area (Å²) in [5.74, 6) is -0.0971. The normalized spacial score (nSPS) is 21.4. The minimum atomic E-state index is -0.0486. The molecule has 2 fully saturated rings. The third kappa shape index (κ3) is 2.84. The van der Waals surface area contributed by atoms with Crippen LogP contribution >= 0.6 is 0 Å². The van der Waals surface area contributed by atoms with Gasteiger partial charge in [-0.25, -0.2) is 0 Å². The van der Waals surface area contributed by atoms with Gasteiger partial charge in [0.15, 0.2) is 0 Å². The van der Waals surface area contributed by atoms with Crippen LogP contribution in [0.15, 0.2) is 0 Å². The minimum Gasteiger partial charge on any atom is -0.395 e. The van der Waals surface area contributed by atoms with Crippen molar-refractivity contribution in [2.75, 3.05) is 26.2 Å². The van der Waals surface area contributed by atoms with Gasteiger partial charge in [-0.2, -0.15) is 0 Å². The van der Waals surface area contributed by atoms with Gasteiger partial charge in [-0.1, -0.05) is 6.42 Å². The summed E-state index contributed by atoms with van der Waals surface area (Å²) < 4.78 is 0. The van der Waals surface area contributed by atoms with Gasteiger partial charge in [-0.15, -0.1) is 0 Å². The lowest BCUT2D eigenvalue weighted by atomic mass is 9.91. The average molecular weight is 240 g/mol. The minimum absolute atomic E-state index is 0.0486. The molecular weight excluding hydrogens is 220 g/mol. The van der Waals surface area contributed by atoms with E-state index in [2.05, 4.69) is 4.90 Å². The van der Waals surface area contributed by atoms with E-state index in [0.29, 0.717) is 38.5 Å². The van der Waals surface area contributed by atoms with Gasteiger partial charge in [0.25, 0.3) is 0 Å². The van der Waals surface area contributed by atoms with E-state index in [1.807, 2.05) is 0 Å². The van der Waals surface area contributed by atoms with Gasteiger partial charge in [0.2, 0.25) is 11.8 Å². The number of aliphatic hydroxyl groups excluding tert-OH is 1. The van der Waals surface area contributed by atoms with Crippen molar-refractivity contribution in [2.45, 2.75) is 38.1 Å². The summed E-state index contributed by atoms with van der Waals surface area (Å²) in [6, 6.07) is 0.537. The Morgan fingerprint density at radius 3 is 2.29 bits per heavy atom. The molecule has 1 saturated heterocycles. The van der Waals surface area contributed by atoms with Gasteiger partial charge < -0.3 is 5.11 Å². The van der Waals surface area contributed by atoms with Crippen LogP contribution in [-0.4, -0.2) is 59.0 Å². The van der Waals surface area contributed by atoms with Gasteiger partial charge in [0.05, 0.1) is 6.61 Å². The second-order valence-corrected chi connectivity index (χ2v) is 4.78. The van der Waals surface area contributed by atoms with E-state index in [-0.39, 0.29) is 18.4 Å². The fraction of sp³-hybridized carbons (Fsp3) is 0.833. The number of hydrogen-bond donors (Lipinski definition) is 1. The Kier molecular flexibility index (Phi) is 4.12. The molecule has 2 rings (SSSR count). The largest absolute Gasteiger partial charge is 0.395 e. The van der Waals surface area contributed by atoms with Crippen molar-refractivity contribution in [3.05, 3.63) is 0 Å². The molecule has 17 heavy (non-hydrogen) atoms. The highest BCUT2D eigenvalue weighted by Gasteiger charge is 2.30. The molecule has 0 aromatic carbocycles. The van der Waals surface area contributed by atoms with Crippen molar-refractivity contribution in [3.8, 4) is 0 Å². The molecule has 1 saturated carbocycles. The second-order valence-electron chi connectivity index (χ2n) is 4.78. The summed E-state index contributed by atoms with van der Waals surface area (Å²) in [4.78, 5) is 26.5. The Morgan fingerprint density at radius 2 is 1.82 bits per heavy atom. The van der Waals surface area contributed by atoms with Gasteiger partial charge in [-0.05, 0) is 12.8 Å². The van der Waals surface area contributed by atoms with Crippen molar-refractivity contribution in [2.24, 2.45) is 0 Å². The molecule has 0 aromatic rings. The van der Waals surface area contributed by atoms with Crippen molar-refractivity contribution < 1.29 is 14.7 Å². The number of nitrogens with zero attached hydrogens (tertiary/aromatic N) is 2. The zero-order chi connectivity index (χ0) is 12.3. The van der Waals surface area contributed by atoms with Crippen LogP contribution in [0.5, 0.6) is 0 Å². The number of imide groups is 1. The Morgan fingerprint density at radius 1 is 1.18 bits per heavy atom. The first-order valence-corrected chi connectivity index (χ1v) is 6.40. The summed E-state index contributed by atoms with van der Waals surface area (Å²) >= 11 is 0. The molecule has 0 spiro atoms. The third-order valence-electron chi connectivity index (χ3n) is 3.74. The van der Waals surface area contributed by atoms with Crippen molar-refractivity contribution in [1.29, 1.82) is 0 Å². The lowest BCUT2D eigenvalue weighted by molar-refractivity contribution is -0.138. The Bertz CT molecular complexity index is 286. The molecule has 0 bridgehead atoms. The predicted molar refractivity (Wildman–Crippen MR) is 62.3 cm³/mol. The molecule has 0 aromatic heterocycles. The molecule has 2 amide bonds. The summed E-state index contributed by atoms with van der Waals surface area (Å²) in [6.07, 6.45) is 4.31. The van der Waals surface area contributed by atoms with E-state index in [4.69, 9.17) is 5.11 Å². The maximum absolute atomic E-state index is 11.4. The number of likely N-dealkylation sites (tertiary alicyclic amines) is 1. The van der Waals surface area contributed by atoms with Crippen LogP contribution in [0.3, 0.4) is 0 Å². The first-order chi connectivity index (χ1) is 8.22. The van der Waals surface area contributed by atoms with Crippen LogP contribution in [0, 0.1) is 0 Å². The molecular formula is C12H20N2O3. The van der Waals surface area contributed by atoms with Crippen LogP contribution in [0.25, 0.3) is 0 Å². The van der Waals surface area contributed by atoms with E-state index in [1.165, 1.54) is 24.2 Å². The molecule has 5 heteroatoms. The first-order valence-electron chi connectivity index (χ1n) is 6.40. The maximum Gasteiger partial charge on any atom is 0.229 e. The van der Waals surface area contributed by atoms with Gasteiger partial charge in [0, 0.05) is 38.5 Å². The summed E-state index contributed by atoms with van der Waals surface area (Å²) in [5, 5.41) is 9.01. The van der Waals surface area contributed by atoms with Crippen LogP contribution in [0.2, 0.25) is 0 Å². The van der Waals surface area contributed by atoms with Crippen LogP contribution in [0.1, 0.15) is 32.1 Å². The average Bonchev–Trinajstić information content (AvgIpc) is 2.53. The molecule has 0 unspecified atom stereocenters. The standard InChI is InChI=1S/C12H20N2O3/c15-9-8-13(10-2-1-3-10)6-7-14-11(16)4-5-12(14)17/h10,15H,1-9H2. The Hall–Kier alpha value is -0.940. The van der Waals surface area contributed by atoms with E-state index in [0.717, 1.165) is 0 Å². The molecule has 1 aliphatic carbocycles. The van der Waals surface area contributed by atoms with Gasteiger partial charge in [0.1, 0.15) is 0 Å². The molecule has 0 radical (unpaired) electrons. The maximum atomic E-state index is 11.4.